The number of nitriles is 1. The summed E-state index contributed by atoms with van der Waals surface area (Å²) in [5.41, 5.74) is 2.87. The van der Waals surface area contributed by atoms with Gasteiger partial charge in [0.15, 0.2) is 0 Å². The molecule has 0 radical (unpaired) electrons. The van der Waals surface area contributed by atoms with Gasteiger partial charge in [0.1, 0.15) is 11.6 Å². The Labute approximate surface area is 169 Å². The van der Waals surface area contributed by atoms with Crippen molar-refractivity contribution in [1.29, 1.82) is 5.26 Å². The zero-order valence-corrected chi connectivity index (χ0v) is 17.0. The zero-order valence-electron chi connectivity index (χ0n) is 16.2. The smallest absolute Gasteiger partial charge is 0.270 e. The summed E-state index contributed by atoms with van der Waals surface area (Å²) in [6.45, 7) is 3.76. The summed E-state index contributed by atoms with van der Waals surface area (Å²) in [5, 5.41) is 11.3. The van der Waals surface area contributed by atoms with Gasteiger partial charge in [0.25, 0.3) is 5.56 Å². The van der Waals surface area contributed by atoms with Crippen molar-refractivity contribution in [2.75, 3.05) is 18.0 Å². The van der Waals surface area contributed by atoms with E-state index in [4.69, 9.17) is 0 Å². The topological polar surface area (TPSA) is 49.0 Å². The third kappa shape index (κ3) is 3.41. The van der Waals surface area contributed by atoms with Crippen molar-refractivity contribution in [3.05, 3.63) is 70.0 Å². The Bertz CT molecular complexity index is 1110. The lowest BCUT2D eigenvalue weighted by atomic mass is 10.0. The van der Waals surface area contributed by atoms with Gasteiger partial charge in [-0.05, 0) is 44.0 Å². The molecule has 1 aromatic heterocycles. The van der Waals surface area contributed by atoms with Crippen LogP contribution in [0.5, 0.6) is 0 Å². The van der Waals surface area contributed by atoms with Gasteiger partial charge >= 0.3 is 0 Å². The Balaban J connectivity index is 1.67. The molecule has 0 bridgehead atoms. The van der Waals surface area contributed by atoms with Crippen LogP contribution in [0.15, 0.2) is 58.2 Å². The summed E-state index contributed by atoms with van der Waals surface area (Å²) in [4.78, 5) is 16.3. The summed E-state index contributed by atoms with van der Waals surface area (Å²) >= 11 is 1.93. The number of aryl methyl sites for hydroxylation is 2. The number of rotatable bonds is 3. The molecule has 0 N–H and O–H groups in total. The van der Waals surface area contributed by atoms with Crippen LogP contribution >= 0.6 is 11.8 Å². The van der Waals surface area contributed by atoms with Crippen LogP contribution in [0.25, 0.3) is 10.9 Å². The number of hydrogen-bond acceptors (Lipinski definition) is 4. The molecule has 4 rings (SSSR count). The van der Waals surface area contributed by atoms with Crippen LogP contribution in [0.3, 0.4) is 0 Å². The van der Waals surface area contributed by atoms with Crippen LogP contribution in [-0.2, 0) is 7.05 Å². The maximum absolute atomic E-state index is 12.8. The van der Waals surface area contributed by atoms with Crippen molar-refractivity contribution in [2.24, 2.45) is 7.05 Å². The monoisotopic (exact) mass is 389 g/mol. The first-order valence-electron chi connectivity index (χ1n) is 9.58. The van der Waals surface area contributed by atoms with Crippen LogP contribution < -0.4 is 10.5 Å². The fourth-order valence-electron chi connectivity index (χ4n) is 3.96. The highest BCUT2D eigenvalue weighted by atomic mass is 32.2. The normalized spacial score (nSPS) is 15.0. The van der Waals surface area contributed by atoms with Crippen molar-refractivity contribution in [3.8, 4) is 6.07 Å². The number of fused-ring (bicyclic) bond motifs is 1. The van der Waals surface area contributed by atoms with Crippen LogP contribution in [0.2, 0.25) is 0 Å². The third-order valence-corrected chi connectivity index (χ3v) is 6.79. The fourth-order valence-corrected chi connectivity index (χ4v) is 5.11. The molecule has 0 spiro atoms. The van der Waals surface area contributed by atoms with Crippen LogP contribution in [0.4, 0.5) is 5.69 Å². The van der Waals surface area contributed by atoms with Gasteiger partial charge in [0, 0.05) is 35.7 Å². The lowest BCUT2D eigenvalue weighted by Crippen LogP contribution is -2.37. The van der Waals surface area contributed by atoms with Gasteiger partial charge in [0.2, 0.25) is 0 Å². The van der Waals surface area contributed by atoms with E-state index >= 15 is 0 Å². The largest absolute Gasteiger partial charge is 0.370 e. The van der Waals surface area contributed by atoms with E-state index in [1.807, 2.05) is 36.9 Å². The van der Waals surface area contributed by atoms with Gasteiger partial charge in [-0.25, -0.2) is 0 Å². The predicted molar refractivity (Wildman–Crippen MR) is 116 cm³/mol. The number of thioether (sulfide) groups is 1. The molecule has 2 heterocycles. The van der Waals surface area contributed by atoms with Gasteiger partial charge in [-0.3, -0.25) is 4.79 Å². The highest BCUT2D eigenvalue weighted by Gasteiger charge is 2.25. The maximum atomic E-state index is 12.8. The first kappa shape index (κ1) is 18.6. The Hall–Kier alpha value is -2.71. The van der Waals surface area contributed by atoms with Crippen LogP contribution in [0, 0.1) is 18.3 Å². The molecule has 1 saturated heterocycles. The van der Waals surface area contributed by atoms with E-state index in [0.717, 1.165) is 48.1 Å². The summed E-state index contributed by atoms with van der Waals surface area (Å²) in [5.74, 6) is 0. The average Bonchev–Trinajstić information content (AvgIpc) is 2.72. The molecular formula is C23H23N3OS. The Morgan fingerprint density at radius 2 is 1.82 bits per heavy atom. The second kappa shape index (κ2) is 7.73. The van der Waals surface area contributed by atoms with E-state index in [-0.39, 0.29) is 11.1 Å². The molecule has 1 fully saturated rings. The van der Waals surface area contributed by atoms with Crippen molar-refractivity contribution in [2.45, 2.75) is 29.9 Å². The Morgan fingerprint density at radius 1 is 1.11 bits per heavy atom. The minimum Gasteiger partial charge on any atom is -0.370 e. The SMILES string of the molecule is Cc1ccc2c(c1)c(N1CCC(Sc3ccccc3)CC1)c(C#N)c(=O)n2C. The van der Waals surface area contributed by atoms with Crippen molar-refractivity contribution in [3.63, 3.8) is 0 Å². The quantitative estimate of drug-likeness (QED) is 0.663. The molecule has 142 valence electrons. The summed E-state index contributed by atoms with van der Waals surface area (Å²) in [6, 6.07) is 18.8. The van der Waals surface area contributed by atoms with Crippen molar-refractivity contribution >= 4 is 28.4 Å². The van der Waals surface area contributed by atoms with E-state index in [1.54, 1.807) is 11.6 Å². The third-order valence-electron chi connectivity index (χ3n) is 5.44. The fraction of sp³-hybridized carbons (Fsp3) is 0.304. The zero-order chi connectivity index (χ0) is 19.7. The van der Waals surface area contributed by atoms with Gasteiger partial charge in [-0.2, -0.15) is 5.26 Å². The van der Waals surface area contributed by atoms with E-state index in [1.165, 1.54) is 4.90 Å². The van der Waals surface area contributed by atoms with Gasteiger partial charge in [-0.1, -0.05) is 29.8 Å². The number of nitrogens with zero attached hydrogens (tertiary/aromatic N) is 3. The molecule has 2 aromatic carbocycles. The number of benzene rings is 2. The Morgan fingerprint density at radius 3 is 2.50 bits per heavy atom. The summed E-state index contributed by atoms with van der Waals surface area (Å²) in [6.07, 6.45) is 2.07. The predicted octanol–water partition coefficient (Wildman–Crippen LogP) is 4.48. The maximum Gasteiger partial charge on any atom is 0.270 e. The summed E-state index contributed by atoms with van der Waals surface area (Å²) < 4.78 is 1.59. The molecule has 0 unspecified atom stereocenters. The Kier molecular flexibility index (Phi) is 5.15. The number of pyridine rings is 1. The summed E-state index contributed by atoms with van der Waals surface area (Å²) in [7, 11) is 1.74. The van der Waals surface area contributed by atoms with E-state index in [0.29, 0.717) is 5.25 Å². The number of aromatic nitrogens is 1. The lowest BCUT2D eigenvalue weighted by Gasteiger charge is -2.34. The lowest BCUT2D eigenvalue weighted by molar-refractivity contribution is 0.591. The highest BCUT2D eigenvalue weighted by Crippen LogP contribution is 2.35. The first-order valence-corrected chi connectivity index (χ1v) is 10.5. The number of anilines is 1. The average molecular weight is 390 g/mol. The van der Waals surface area contributed by atoms with E-state index < -0.39 is 0 Å². The van der Waals surface area contributed by atoms with Gasteiger partial charge in [0.05, 0.1) is 11.2 Å². The second-order valence-electron chi connectivity index (χ2n) is 7.34. The molecule has 5 heteroatoms. The minimum absolute atomic E-state index is 0.213. The molecule has 0 saturated carbocycles. The van der Waals surface area contributed by atoms with Crippen LogP contribution in [-0.4, -0.2) is 22.9 Å². The molecule has 0 atom stereocenters. The van der Waals surface area contributed by atoms with Gasteiger partial charge < -0.3 is 9.47 Å². The van der Waals surface area contributed by atoms with Crippen molar-refractivity contribution in [1.82, 2.24) is 4.57 Å². The number of piperidine rings is 1. The highest BCUT2D eigenvalue weighted by molar-refractivity contribution is 8.00. The molecule has 3 aromatic rings. The van der Waals surface area contributed by atoms with E-state index in [9.17, 15) is 10.1 Å². The second-order valence-corrected chi connectivity index (χ2v) is 8.71. The standard InChI is InChI=1S/C23H23N3OS/c1-16-8-9-21-19(14-16)22(20(15-24)23(27)25(21)2)26-12-10-18(11-13-26)28-17-6-4-3-5-7-17/h3-9,14,18H,10-13H2,1-2H3. The molecule has 4 nitrogen and oxygen atoms in total. The molecule has 1 aliphatic heterocycles. The molecule has 0 amide bonds. The van der Waals surface area contributed by atoms with Crippen LogP contribution in [0.1, 0.15) is 24.0 Å². The molecule has 28 heavy (non-hydrogen) atoms. The molecule has 0 aliphatic carbocycles. The molecule has 1 aliphatic rings. The first-order chi connectivity index (χ1) is 13.6. The minimum atomic E-state index is -0.213. The van der Waals surface area contributed by atoms with E-state index in [2.05, 4.69) is 41.3 Å². The van der Waals surface area contributed by atoms with Crippen molar-refractivity contribution < 1.29 is 0 Å². The number of hydrogen-bond donors (Lipinski definition) is 0. The molecular weight excluding hydrogens is 366 g/mol. The van der Waals surface area contributed by atoms with Gasteiger partial charge in [-0.15, -0.1) is 11.8 Å².